The zero-order chi connectivity index (χ0) is 14.8. The van der Waals surface area contributed by atoms with Gasteiger partial charge in [-0.05, 0) is 52.5 Å². The molecule has 0 atom stereocenters. The number of nitrogens with zero attached hydrogens (tertiary/aromatic N) is 1. The SMILES string of the molecule is Cc1cc(NCC(C)(C)c2ccccc2C)ncc1Br. The molecule has 0 amide bonds. The van der Waals surface area contributed by atoms with Crippen LogP contribution in [0.25, 0.3) is 0 Å². The van der Waals surface area contributed by atoms with Crippen molar-refractivity contribution in [3.05, 3.63) is 57.7 Å². The first-order chi connectivity index (χ1) is 9.40. The molecular formula is C17H21BrN2. The molecule has 0 unspecified atom stereocenters. The van der Waals surface area contributed by atoms with E-state index >= 15 is 0 Å². The Morgan fingerprint density at radius 1 is 1.15 bits per heavy atom. The summed E-state index contributed by atoms with van der Waals surface area (Å²) in [5.41, 5.74) is 3.96. The number of hydrogen-bond acceptors (Lipinski definition) is 2. The fourth-order valence-corrected chi connectivity index (χ4v) is 2.59. The van der Waals surface area contributed by atoms with Crippen LogP contribution < -0.4 is 5.32 Å². The maximum atomic E-state index is 4.40. The molecule has 0 spiro atoms. The molecule has 0 bridgehead atoms. The average Bonchev–Trinajstić information content (AvgIpc) is 2.40. The Hall–Kier alpha value is -1.35. The lowest BCUT2D eigenvalue weighted by Gasteiger charge is -2.27. The Morgan fingerprint density at radius 3 is 2.50 bits per heavy atom. The molecule has 1 aromatic carbocycles. The summed E-state index contributed by atoms with van der Waals surface area (Å²) in [5, 5.41) is 3.45. The van der Waals surface area contributed by atoms with E-state index in [2.05, 4.69) is 84.3 Å². The van der Waals surface area contributed by atoms with Crippen LogP contribution in [-0.2, 0) is 5.41 Å². The van der Waals surface area contributed by atoms with Gasteiger partial charge in [0, 0.05) is 22.6 Å². The lowest BCUT2D eigenvalue weighted by molar-refractivity contribution is 0.552. The third-order valence-corrected chi connectivity index (χ3v) is 4.46. The zero-order valence-corrected chi connectivity index (χ0v) is 14.1. The van der Waals surface area contributed by atoms with E-state index in [0.717, 1.165) is 16.8 Å². The molecule has 0 saturated heterocycles. The normalized spacial score (nSPS) is 11.4. The molecular weight excluding hydrogens is 312 g/mol. The van der Waals surface area contributed by atoms with Crippen molar-refractivity contribution in [1.82, 2.24) is 4.98 Å². The molecule has 20 heavy (non-hydrogen) atoms. The predicted molar refractivity (Wildman–Crippen MR) is 89.4 cm³/mol. The van der Waals surface area contributed by atoms with Gasteiger partial charge in [-0.15, -0.1) is 0 Å². The van der Waals surface area contributed by atoms with E-state index in [-0.39, 0.29) is 5.41 Å². The van der Waals surface area contributed by atoms with E-state index in [1.807, 2.05) is 6.20 Å². The van der Waals surface area contributed by atoms with Crippen LogP contribution in [0.5, 0.6) is 0 Å². The molecule has 3 heteroatoms. The van der Waals surface area contributed by atoms with Crippen LogP contribution >= 0.6 is 15.9 Å². The highest BCUT2D eigenvalue weighted by Gasteiger charge is 2.22. The van der Waals surface area contributed by atoms with Crippen molar-refractivity contribution >= 4 is 21.7 Å². The number of aromatic nitrogens is 1. The van der Waals surface area contributed by atoms with Gasteiger partial charge in [0.2, 0.25) is 0 Å². The molecule has 2 nitrogen and oxygen atoms in total. The Kier molecular flexibility index (Phi) is 4.48. The van der Waals surface area contributed by atoms with Crippen molar-refractivity contribution in [2.75, 3.05) is 11.9 Å². The number of benzene rings is 1. The average molecular weight is 333 g/mol. The van der Waals surface area contributed by atoms with Gasteiger partial charge in [-0.1, -0.05) is 38.1 Å². The second-order valence-electron chi connectivity index (χ2n) is 5.87. The number of nitrogens with one attached hydrogen (secondary N) is 1. The molecule has 0 fully saturated rings. The summed E-state index contributed by atoms with van der Waals surface area (Å²) in [6, 6.07) is 10.6. The third-order valence-electron chi connectivity index (χ3n) is 3.63. The van der Waals surface area contributed by atoms with Crippen LogP contribution in [0.15, 0.2) is 41.0 Å². The Morgan fingerprint density at radius 2 is 1.85 bits per heavy atom. The van der Waals surface area contributed by atoms with Crippen molar-refractivity contribution < 1.29 is 0 Å². The molecule has 0 aliphatic heterocycles. The van der Waals surface area contributed by atoms with E-state index in [4.69, 9.17) is 0 Å². The maximum Gasteiger partial charge on any atom is 0.126 e. The van der Waals surface area contributed by atoms with Crippen LogP contribution in [0.4, 0.5) is 5.82 Å². The van der Waals surface area contributed by atoms with E-state index in [9.17, 15) is 0 Å². The second-order valence-corrected chi connectivity index (χ2v) is 6.73. The van der Waals surface area contributed by atoms with Crippen LogP contribution in [0.3, 0.4) is 0 Å². The first-order valence-electron chi connectivity index (χ1n) is 6.82. The van der Waals surface area contributed by atoms with Crippen LogP contribution in [0, 0.1) is 13.8 Å². The molecule has 0 saturated carbocycles. The van der Waals surface area contributed by atoms with E-state index in [1.165, 1.54) is 16.7 Å². The molecule has 0 aliphatic rings. The molecule has 2 aromatic rings. The van der Waals surface area contributed by atoms with Gasteiger partial charge in [0.15, 0.2) is 0 Å². The summed E-state index contributed by atoms with van der Waals surface area (Å²) in [6.07, 6.45) is 1.85. The maximum absolute atomic E-state index is 4.40. The number of hydrogen-bond donors (Lipinski definition) is 1. The molecule has 0 aliphatic carbocycles. The smallest absolute Gasteiger partial charge is 0.126 e. The van der Waals surface area contributed by atoms with E-state index in [1.54, 1.807) is 0 Å². The fourth-order valence-electron chi connectivity index (χ4n) is 2.38. The van der Waals surface area contributed by atoms with Gasteiger partial charge in [0.25, 0.3) is 0 Å². The van der Waals surface area contributed by atoms with Gasteiger partial charge in [-0.3, -0.25) is 0 Å². The minimum absolute atomic E-state index is 0.0635. The van der Waals surface area contributed by atoms with Gasteiger partial charge >= 0.3 is 0 Å². The zero-order valence-electron chi connectivity index (χ0n) is 12.5. The Bertz CT molecular complexity index is 606. The van der Waals surface area contributed by atoms with Gasteiger partial charge in [0.1, 0.15) is 5.82 Å². The highest BCUT2D eigenvalue weighted by molar-refractivity contribution is 9.10. The van der Waals surface area contributed by atoms with Gasteiger partial charge < -0.3 is 5.32 Å². The molecule has 1 aromatic heterocycles. The minimum Gasteiger partial charge on any atom is -0.369 e. The first-order valence-corrected chi connectivity index (χ1v) is 7.61. The highest BCUT2D eigenvalue weighted by atomic mass is 79.9. The van der Waals surface area contributed by atoms with Crippen LogP contribution in [-0.4, -0.2) is 11.5 Å². The Labute approximate surface area is 129 Å². The van der Waals surface area contributed by atoms with E-state index in [0.29, 0.717) is 0 Å². The van der Waals surface area contributed by atoms with Gasteiger partial charge in [-0.25, -0.2) is 4.98 Å². The largest absolute Gasteiger partial charge is 0.369 e. The number of aryl methyl sites for hydroxylation is 2. The highest BCUT2D eigenvalue weighted by Crippen LogP contribution is 2.27. The van der Waals surface area contributed by atoms with Crippen molar-refractivity contribution in [2.24, 2.45) is 0 Å². The summed E-state index contributed by atoms with van der Waals surface area (Å²) in [5.74, 6) is 0.923. The molecule has 106 valence electrons. The number of anilines is 1. The van der Waals surface area contributed by atoms with Crippen LogP contribution in [0.1, 0.15) is 30.5 Å². The van der Waals surface area contributed by atoms with Crippen molar-refractivity contribution in [1.29, 1.82) is 0 Å². The van der Waals surface area contributed by atoms with Crippen molar-refractivity contribution in [3.63, 3.8) is 0 Å². The molecule has 1 N–H and O–H groups in total. The molecule has 1 heterocycles. The van der Waals surface area contributed by atoms with Crippen molar-refractivity contribution in [2.45, 2.75) is 33.1 Å². The second kappa shape index (κ2) is 5.96. The minimum atomic E-state index is 0.0635. The number of pyridine rings is 1. The van der Waals surface area contributed by atoms with E-state index < -0.39 is 0 Å². The third kappa shape index (κ3) is 3.40. The summed E-state index contributed by atoms with van der Waals surface area (Å²) in [6.45, 7) is 9.61. The number of rotatable bonds is 4. The molecule has 0 radical (unpaired) electrons. The Balaban J connectivity index is 2.13. The van der Waals surface area contributed by atoms with Crippen LogP contribution in [0.2, 0.25) is 0 Å². The van der Waals surface area contributed by atoms with Gasteiger partial charge in [-0.2, -0.15) is 0 Å². The van der Waals surface area contributed by atoms with Gasteiger partial charge in [0.05, 0.1) is 0 Å². The topological polar surface area (TPSA) is 24.9 Å². The summed E-state index contributed by atoms with van der Waals surface area (Å²) < 4.78 is 1.04. The number of halogens is 1. The van der Waals surface area contributed by atoms with Crippen molar-refractivity contribution in [3.8, 4) is 0 Å². The monoisotopic (exact) mass is 332 g/mol. The summed E-state index contributed by atoms with van der Waals surface area (Å²) >= 11 is 3.48. The fraction of sp³-hybridized carbons (Fsp3) is 0.353. The summed E-state index contributed by atoms with van der Waals surface area (Å²) in [7, 11) is 0. The standard InChI is InChI=1S/C17H21BrN2/c1-12-7-5-6-8-14(12)17(3,4)11-20-16-9-13(2)15(18)10-19-16/h5-10H,11H2,1-4H3,(H,19,20). The quantitative estimate of drug-likeness (QED) is 0.865. The molecule has 2 rings (SSSR count). The lowest BCUT2D eigenvalue weighted by Crippen LogP contribution is -2.28. The summed E-state index contributed by atoms with van der Waals surface area (Å²) in [4.78, 5) is 4.40. The lowest BCUT2D eigenvalue weighted by atomic mass is 9.82. The predicted octanol–water partition coefficient (Wildman–Crippen LogP) is 4.85. The first kappa shape index (κ1) is 15.0.